The van der Waals surface area contributed by atoms with Crippen LogP contribution in [0.15, 0.2) is 40.8 Å². The smallest absolute Gasteiger partial charge is 0.227 e. The fraction of sp³-hybridized carbons (Fsp3) is 0.450. The molecule has 1 aliphatic rings. The second kappa shape index (κ2) is 6.44. The van der Waals surface area contributed by atoms with Crippen molar-refractivity contribution in [1.29, 1.82) is 0 Å². The molecule has 128 valence electrons. The third-order valence-corrected chi connectivity index (χ3v) is 4.76. The highest BCUT2D eigenvalue weighted by Gasteiger charge is 2.38. The van der Waals surface area contributed by atoms with Crippen LogP contribution in [0, 0.1) is 19.8 Å². The summed E-state index contributed by atoms with van der Waals surface area (Å²) < 4.78 is 5.50. The third kappa shape index (κ3) is 3.54. The number of nitrogens with one attached hydrogen (secondary N) is 1. The van der Waals surface area contributed by atoms with Gasteiger partial charge in [-0.3, -0.25) is 4.79 Å². The fourth-order valence-electron chi connectivity index (χ4n) is 3.36. The standard InChI is InChI=1S/C20H25NO3/c1-13-11-17(14(2)24-13)20(3,23)12-21-19(22)18(16-9-10-16)15-7-5-4-6-8-15/h4-8,11,16,18,23H,9-10,12H2,1-3H3,(H,21,22). The molecule has 3 rings (SSSR count). The Morgan fingerprint density at radius 3 is 2.54 bits per heavy atom. The van der Waals surface area contributed by atoms with Crippen LogP contribution in [0.5, 0.6) is 0 Å². The van der Waals surface area contributed by atoms with E-state index in [1.54, 1.807) is 6.92 Å². The molecule has 0 aliphatic heterocycles. The summed E-state index contributed by atoms with van der Waals surface area (Å²) in [5.74, 6) is 1.72. The van der Waals surface area contributed by atoms with Crippen molar-refractivity contribution in [3.63, 3.8) is 0 Å². The van der Waals surface area contributed by atoms with Gasteiger partial charge in [0.25, 0.3) is 0 Å². The van der Waals surface area contributed by atoms with Crippen LogP contribution in [0.4, 0.5) is 0 Å². The third-order valence-electron chi connectivity index (χ3n) is 4.76. The van der Waals surface area contributed by atoms with E-state index in [4.69, 9.17) is 4.42 Å². The molecule has 1 heterocycles. The molecule has 2 aromatic rings. The summed E-state index contributed by atoms with van der Waals surface area (Å²) in [5, 5.41) is 13.7. The minimum atomic E-state index is -1.15. The van der Waals surface area contributed by atoms with Gasteiger partial charge in [-0.05, 0) is 51.2 Å². The lowest BCUT2D eigenvalue weighted by Crippen LogP contribution is -2.41. The molecule has 1 aliphatic carbocycles. The number of benzene rings is 1. The van der Waals surface area contributed by atoms with Gasteiger partial charge < -0.3 is 14.8 Å². The van der Waals surface area contributed by atoms with E-state index in [-0.39, 0.29) is 18.4 Å². The van der Waals surface area contributed by atoms with Crippen molar-refractivity contribution in [2.45, 2.75) is 45.1 Å². The van der Waals surface area contributed by atoms with Gasteiger partial charge in [-0.25, -0.2) is 0 Å². The molecule has 0 saturated heterocycles. The van der Waals surface area contributed by atoms with Crippen LogP contribution in [0.25, 0.3) is 0 Å². The normalized spacial score (nSPS) is 18.0. The molecule has 2 atom stereocenters. The van der Waals surface area contributed by atoms with Crippen LogP contribution in [0.2, 0.25) is 0 Å². The largest absolute Gasteiger partial charge is 0.466 e. The molecule has 2 unspecified atom stereocenters. The molecular weight excluding hydrogens is 302 g/mol. The molecule has 1 fully saturated rings. The lowest BCUT2D eigenvalue weighted by Gasteiger charge is -2.25. The second-order valence-electron chi connectivity index (χ2n) is 7.04. The molecule has 1 amide bonds. The maximum absolute atomic E-state index is 12.7. The quantitative estimate of drug-likeness (QED) is 0.854. The number of hydrogen-bond acceptors (Lipinski definition) is 3. The molecular formula is C20H25NO3. The Kier molecular flexibility index (Phi) is 4.50. The van der Waals surface area contributed by atoms with Crippen LogP contribution < -0.4 is 5.32 Å². The minimum absolute atomic E-state index is 0.0122. The van der Waals surface area contributed by atoms with Crippen molar-refractivity contribution < 1.29 is 14.3 Å². The zero-order valence-corrected chi connectivity index (χ0v) is 14.5. The van der Waals surface area contributed by atoms with Crippen LogP contribution in [0.3, 0.4) is 0 Å². The van der Waals surface area contributed by atoms with E-state index in [0.717, 1.165) is 29.7 Å². The van der Waals surface area contributed by atoms with Gasteiger partial charge >= 0.3 is 0 Å². The van der Waals surface area contributed by atoms with Gasteiger partial charge in [0.1, 0.15) is 17.1 Å². The van der Waals surface area contributed by atoms with Gasteiger partial charge in [0.15, 0.2) is 0 Å². The Balaban J connectivity index is 1.71. The van der Waals surface area contributed by atoms with Gasteiger partial charge in [-0.15, -0.1) is 0 Å². The maximum atomic E-state index is 12.7. The molecule has 1 aromatic heterocycles. The van der Waals surface area contributed by atoms with Crippen molar-refractivity contribution in [3.05, 3.63) is 59.0 Å². The molecule has 4 nitrogen and oxygen atoms in total. The molecule has 1 aromatic carbocycles. The SMILES string of the molecule is Cc1cc(C(C)(O)CNC(=O)C(c2ccccc2)C2CC2)c(C)o1. The van der Waals surface area contributed by atoms with E-state index in [1.165, 1.54) is 0 Å². The average Bonchev–Trinajstić information content (AvgIpc) is 3.30. The number of furan rings is 1. The van der Waals surface area contributed by atoms with Gasteiger partial charge in [-0.1, -0.05) is 30.3 Å². The fourth-order valence-corrected chi connectivity index (χ4v) is 3.36. The molecule has 0 spiro atoms. The Labute approximate surface area is 142 Å². The van der Waals surface area contributed by atoms with Gasteiger partial charge in [-0.2, -0.15) is 0 Å². The number of aryl methyl sites for hydroxylation is 2. The van der Waals surface area contributed by atoms with E-state index in [0.29, 0.717) is 11.7 Å². The van der Waals surface area contributed by atoms with Crippen LogP contribution in [-0.2, 0) is 10.4 Å². The average molecular weight is 327 g/mol. The topological polar surface area (TPSA) is 62.5 Å². The number of rotatable bonds is 6. The van der Waals surface area contributed by atoms with E-state index < -0.39 is 5.60 Å². The number of hydrogen-bond donors (Lipinski definition) is 2. The Morgan fingerprint density at radius 1 is 1.33 bits per heavy atom. The summed E-state index contributed by atoms with van der Waals surface area (Å²) in [6, 6.07) is 11.7. The maximum Gasteiger partial charge on any atom is 0.227 e. The molecule has 24 heavy (non-hydrogen) atoms. The highest BCUT2D eigenvalue weighted by Crippen LogP contribution is 2.42. The monoisotopic (exact) mass is 327 g/mol. The van der Waals surface area contributed by atoms with E-state index >= 15 is 0 Å². The minimum Gasteiger partial charge on any atom is -0.466 e. The van der Waals surface area contributed by atoms with E-state index in [2.05, 4.69) is 5.32 Å². The van der Waals surface area contributed by atoms with Gasteiger partial charge in [0.2, 0.25) is 5.91 Å². The van der Waals surface area contributed by atoms with Crippen molar-refractivity contribution in [2.75, 3.05) is 6.54 Å². The van der Waals surface area contributed by atoms with E-state index in [9.17, 15) is 9.90 Å². The summed E-state index contributed by atoms with van der Waals surface area (Å²) >= 11 is 0. The molecule has 1 saturated carbocycles. The summed E-state index contributed by atoms with van der Waals surface area (Å²) in [7, 11) is 0. The number of amides is 1. The van der Waals surface area contributed by atoms with E-state index in [1.807, 2.05) is 50.2 Å². The summed E-state index contributed by atoms with van der Waals surface area (Å²) in [6.07, 6.45) is 2.17. The first-order valence-electron chi connectivity index (χ1n) is 8.51. The Morgan fingerprint density at radius 2 is 2.00 bits per heavy atom. The van der Waals surface area contributed by atoms with Crippen molar-refractivity contribution in [2.24, 2.45) is 5.92 Å². The lowest BCUT2D eigenvalue weighted by molar-refractivity contribution is -0.124. The summed E-state index contributed by atoms with van der Waals surface area (Å²) in [4.78, 5) is 12.7. The first-order chi connectivity index (χ1) is 11.4. The highest BCUT2D eigenvalue weighted by molar-refractivity contribution is 5.84. The zero-order valence-electron chi connectivity index (χ0n) is 14.5. The van der Waals surface area contributed by atoms with Crippen LogP contribution >= 0.6 is 0 Å². The van der Waals surface area contributed by atoms with Gasteiger partial charge in [0, 0.05) is 5.56 Å². The van der Waals surface area contributed by atoms with Crippen LogP contribution in [-0.4, -0.2) is 17.6 Å². The Hall–Kier alpha value is -2.07. The first-order valence-corrected chi connectivity index (χ1v) is 8.51. The van der Waals surface area contributed by atoms with Crippen molar-refractivity contribution in [3.8, 4) is 0 Å². The molecule has 0 radical (unpaired) electrons. The number of carbonyl (C=O) groups excluding carboxylic acids is 1. The summed E-state index contributed by atoms with van der Waals surface area (Å²) in [6.45, 7) is 5.56. The summed E-state index contributed by atoms with van der Waals surface area (Å²) in [5.41, 5.74) is 0.623. The predicted octanol–water partition coefficient (Wildman–Crippen LogP) is 3.41. The zero-order chi connectivity index (χ0) is 17.3. The number of aliphatic hydroxyl groups is 1. The Bertz CT molecular complexity index is 714. The molecule has 2 N–H and O–H groups in total. The van der Waals surface area contributed by atoms with Crippen molar-refractivity contribution in [1.82, 2.24) is 5.32 Å². The first kappa shape index (κ1) is 16.8. The predicted molar refractivity (Wildman–Crippen MR) is 92.7 cm³/mol. The molecule has 0 bridgehead atoms. The second-order valence-corrected chi connectivity index (χ2v) is 7.04. The number of carbonyl (C=O) groups is 1. The highest BCUT2D eigenvalue weighted by atomic mass is 16.3. The van der Waals surface area contributed by atoms with Crippen molar-refractivity contribution >= 4 is 5.91 Å². The van der Waals surface area contributed by atoms with Gasteiger partial charge in [0.05, 0.1) is 12.5 Å². The lowest BCUT2D eigenvalue weighted by atomic mass is 9.92. The molecule has 4 heteroatoms. The van der Waals surface area contributed by atoms with Crippen LogP contribution in [0.1, 0.15) is 48.3 Å².